The normalized spacial score (nSPS) is 13.9. The summed E-state index contributed by atoms with van der Waals surface area (Å²) < 4.78 is 0. The predicted molar refractivity (Wildman–Crippen MR) is 33.0 cm³/mol. The van der Waals surface area contributed by atoms with E-state index in [9.17, 15) is 0 Å². The Kier molecular flexibility index (Phi) is 4.95. The van der Waals surface area contributed by atoms with Crippen molar-refractivity contribution in [1.29, 1.82) is 0 Å². The van der Waals surface area contributed by atoms with Crippen LogP contribution in [0.2, 0.25) is 0 Å². The van der Waals surface area contributed by atoms with Crippen molar-refractivity contribution in [3.05, 3.63) is 0 Å². The standard InChI is InChI=1S/C5H14N2O/c1-2-5(8-7)3-4-6/h5H,2-4,6-7H2,1H3. The van der Waals surface area contributed by atoms with Crippen molar-refractivity contribution in [3.8, 4) is 0 Å². The molecule has 4 N–H and O–H groups in total. The zero-order valence-corrected chi connectivity index (χ0v) is 5.26. The van der Waals surface area contributed by atoms with Gasteiger partial charge in [-0.05, 0) is 19.4 Å². The third-order valence-corrected chi connectivity index (χ3v) is 1.14. The second-order valence-electron chi connectivity index (χ2n) is 1.74. The Labute approximate surface area is 49.9 Å². The van der Waals surface area contributed by atoms with Crippen LogP contribution in [0.25, 0.3) is 0 Å². The summed E-state index contributed by atoms with van der Waals surface area (Å²) in [6.45, 7) is 2.67. The quantitative estimate of drug-likeness (QED) is 0.511. The highest BCUT2D eigenvalue weighted by Crippen LogP contribution is 1.96. The first kappa shape index (κ1) is 7.88. The summed E-state index contributed by atoms with van der Waals surface area (Å²) >= 11 is 0. The molecular formula is C5H14N2O. The highest BCUT2D eigenvalue weighted by atomic mass is 16.6. The zero-order valence-electron chi connectivity index (χ0n) is 5.26. The van der Waals surface area contributed by atoms with E-state index in [1.807, 2.05) is 6.92 Å². The van der Waals surface area contributed by atoms with Crippen LogP contribution in [0, 0.1) is 0 Å². The predicted octanol–water partition coefficient (Wildman–Crippen LogP) is 0.00410. The summed E-state index contributed by atoms with van der Waals surface area (Å²) in [4.78, 5) is 4.56. The van der Waals surface area contributed by atoms with E-state index in [4.69, 9.17) is 11.6 Å². The first-order valence-corrected chi connectivity index (χ1v) is 2.90. The van der Waals surface area contributed by atoms with Gasteiger partial charge in [-0.1, -0.05) is 6.92 Å². The van der Waals surface area contributed by atoms with E-state index >= 15 is 0 Å². The van der Waals surface area contributed by atoms with Gasteiger partial charge in [0.05, 0.1) is 6.10 Å². The molecule has 50 valence electrons. The Hall–Kier alpha value is -0.120. The summed E-state index contributed by atoms with van der Waals surface area (Å²) in [6.07, 6.45) is 1.95. The van der Waals surface area contributed by atoms with Gasteiger partial charge in [-0.3, -0.25) is 0 Å². The van der Waals surface area contributed by atoms with Gasteiger partial charge >= 0.3 is 0 Å². The van der Waals surface area contributed by atoms with Crippen LogP contribution in [0.15, 0.2) is 0 Å². The van der Waals surface area contributed by atoms with E-state index in [1.54, 1.807) is 0 Å². The van der Waals surface area contributed by atoms with E-state index < -0.39 is 0 Å². The molecule has 0 radical (unpaired) electrons. The van der Waals surface area contributed by atoms with Crippen LogP contribution >= 0.6 is 0 Å². The Morgan fingerprint density at radius 3 is 2.38 bits per heavy atom. The third kappa shape index (κ3) is 2.96. The maximum Gasteiger partial charge on any atom is 0.0796 e. The fourth-order valence-corrected chi connectivity index (χ4v) is 0.554. The molecule has 0 aromatic heterocycles. The molecule has 8 heavy (non-hydrogen) atoms. The Bertz CT molecular complexity index is 45.7. The lowest BCUT2D eigenvalue weighted by atomic mass is 10.2. The fourth-order valence-electron chi connectivity index (χ4n) is 0.554. The van der Waals surface area contributed by atoms with E-state index in [0.29, 0.717) is 6.54 Å². The molecule has 0 fully saturated rings. The molecule has 0 bridgehead atoms. The molecule has 1 atom stereocenters. The molecule has 1 unspecified atom stereocenters. The largest absolute Gasteiger partial charge is 0.330 e. The van der Waals surface area contributed by atoms with Gasteiger partial charge in [0.1, 0.15) is 0 Å². The molecule has 0 aromatic rings. The lowest BCUT2D eigenvalue weighted by Gasteiger charge is -2.08. The first-order chi connectivity index (χ1) is 3.85. The maximum atomic E-state index is 5.24. The average Bonchev–Trinajstić information content (AvgIpc) is 1.83. The minimum Gasteiger partial charge on any atom is -0.330 e. The molecule has 0 spiro atoms. The molecule has 0 aromatic carbocycles. The van der Waals surface area contributed by atoms with Crippen molar-refractivity contribution >= 4 is 0 Å². The van der Waals surface area contributed by atoms with Gasteiger partial charge in [0.15, 0.2) is 0 Å². The number of hydrogen-bond acceptors (Lipinski definition) is 3. The average molecular weight is 118 g/mol. The maximum absolute atomic E-state index is 5.24. The highest BCUT2D eigenvalue weighted by molar-refractivity contribution is 4.52. The van der Waals surface area contributed by atoms with E-state index in [-0.39, 0.29) is 6.10 Å². The van der Waals surface area contributed by atoms with E-state index in [0.717, 1.165) is 12.8 Å². The van der Waals surface area contributed by atoms with Crippen molar-refractivity contribution in [3.63, 3.8) is 0 Å². The summed E-state index contributed by atoms with van der Waals surface area (Å²) in [6, 6.07) is 0. The minimum atomic E-state index is 0.153. The molecular weight excluding hydrogens is 104 g/mol. The molecule has 0 aliphatic heterocycles. The van der Waals surface area contributed by atoms with Crippen molar-refractivity contribution in [2.45, 2.75) is 25.9 Å². The topological polar surface area (TPSA) is 61.3 Å². The summed E-state index contributed by atoms with van der Waals surface area (Å²) in [5, 5.41) is 0. The van der Waals surface area contributed by atoms with E-state index in [2.05, 4.69) is 4.84 Å². The van der Waals surface area contributed by atoms with Gasteiger partial charge in [-0.15, -0.1) is 0 Å². The van der Waals surface area contributed by atoms with Gasteiger partial charge < -0.3 is 10.6 Å². The van der Waals surface area contributed by atoms with Crippen molar-refractivity contribution < 1.29 is 4.84 Å². The fraction of sp³-hybridized carbons (Fsp3) is 1.00. The third-order valence-electron chi connectivity index (χ3n) is 1.14. The van der Waals surface area contributed by atoms with Crippen LogP contribution in [0.3, 0.4) is 0 Å². The molecule has 0 aliphatic carbocycles. The smallest absolute Gasteiger partial charge is 0.0796 e. The lowest BCUT2D eigenvalue weighted by Crippen LogP contribution is -2.19. The lowest BCUT2D eigenvalue weighted by molar-refractivity contribution is 0.0466. The van der Waals surface area contributed by atoms with Crippen molar-refractivity contribution in [2.24, 2.45) is 11.6 Å². The SMILES string of the molecule is CCC(CCN)ON. The van der Waals surface area contributed by atoms with Gasteiger partial charge in [-0.25, -0.2) is 5.90 Å². The monoisotopic (exact) mass is 118 g/mol. The minimum absolute atomic E-state index is 0.153. The van der Waals surface area contributed by atoms with Crippen LogP contribution in [-0.2, 0) is 4.84 Å². The highest BCUT2D eigenvalue weighted by Gasteiger charge is 2.00. The molecule has 0 saturated carbocycles. The summed E-state index contributed by atoms with van der Waals surface area (Å²) in [5.74, 6) is 4.91. The Balaban J connectivity index is 3.07. The molecule has 0 saturated heterocycles. The second kappa shape index (κ2) is 5.03. The number of hydrogen-bond donors (Lipinski definition) is 2. The molecule has 0 heterocycles. The van der Waals surface area contributed by atoms with Gasteiger partial charge in [0, 0.05) is 0 Å². The van der Waals surface area contributed by atoms with E-state index in [1.165, 1.54) is 0 Å². The van der Waals surface area contributed by atoms with Crippen LogP contribution in [0.1, 0.15) is 19.8 Å². The molecule has 0 aliphatic rings. The van der Waals surface area contributed by atoms with Crippen molar-refractivity contribution in [2.75, 3.05) is 6.54 Å². The Morgan fingerprint density at radius 2 is 2.25 bits per heavy atom. The first-order valence-electron chi connectivity index (χ1n) is 2.90. The molecule has 0 rings (SSSR count). The van der Waals surface area contributed by atoms with Crippen molar-refractivity contribution in [1.82, 2.24) is 0 Å². The summed E-state index contributed by atoms with van der Waals surface area (Å²) in [7, 11) is 0. The molecule has 3 nitrogen and oxygen atoms in total. The van der Waals surface area contributed by atoms with Gasteiger partial charge in [0.25, 0.3) is 0 Å². The number of nitrogens with two attached hydrogens (primary N) is 2. The van der Waals surface area contributed by atoms with Gasteiger partial charge in [0.2, 0.25) is 0 Å². The summed E-state index contributed by atoms with van der Waals surface area (Å²) in [5.41, 5.74) is 5.24. The van der Waals surface area contributed by atoms with Crippen LogP contribution in [-0.4, -0.2) is 12.6 Å². The Morgan fingerprint density at radius 1 is 1.62 bits per heavy atom. The molecule has 0 amide bonds. The zero-order chi connectivity index (χ0) is 6.41. The number of rotatable bonds is 4. The van der Waals surface area contributed by atoms with Crippen LogP contribution in [0.4, 0.5) is 0 Å². The van der Waals surface area contributed by atoms with Crippen LogP contribution in [0.5, 0.6) is 0 Å². The second-order valence-corrected chi connectivity index (χ2v) is 1.74. The molecule has 3 heteroatoms. The van der Waals surface area contributed by atoms with Crippen LogP contribution < -0.4 is 11.6 Å². The van der Waals surface area contributed by atoms with Gasteiger partial charge in [-0.2, -0.15) is 0 Å².